The van der Waals surface area contributed by atoms with Crippen molar-refractivity contribution in [2.45, 2.75) is 6.42 Å². The number of rotatable bonds is 3. The third kappa shape index (κ3) is 3.43. The minimum atomic E-state index is -3.58. The lowest BCUT2D eigenvalue weighted by molar-refractivity contribution is -0.117. The second-order valence-corrected chi connectivity index (χ2v) is 7.88. The maximum Gasteiger partial charge on any atom is 0.232 e. The molecule has 5 nitrogen and oxygen atoms in total. The van der Waals surface area contributed by atoms with Gasteiger partial charge in [0.2, 0.25) is 15.0 Å². The summed E-state index contributed by atoms with van der Waals surface area (Å²) >= 11 is 3.28. The molecule has 1 amide bonds. The number of anilines is 1. The van der Waals surface area contributed by atoms with Crippen molar-refractivity contribution in [1.82, 2.24) is 4.98 Å². The predicted molar refractivity (Wildman–Crippen MR) is 72.0 cm³/mol. The molecule has 8 heteroatoms. The van der Waals surface area contributed by atoms with Crippen LogP contribution in [0.15, 0.2) is 22.9 Å². The van der Waals surface area contributed by atoms with Gasteiger partial charge in [-0.25, -0.2) is 8.42 Å². The van der Waals surface area contributed by atoms with Crippen molar-refractivity contribution in [3.05, 3.63) is 22.9 Å². The van der Waals surface area contributed by atoms with Gasteiger partial charge in [-0.2, -0.15) is 0 Å². The molecule has 0 aliphatic carbocycles. The monoisotopic (exact) mass is 352 g/mol. The summed E-state index contributed by atoms with van der Waals surface area (Å²) in [5, 5.41) is 0. The summed E-state index contributed by atoms with van der Waals surface area (Å²) in [6.07, 6.45) is 3.38. The van der Waals surface area contributed by atoms with Gasteiger partial charge >= 0.3 is 0 Å². The number of amides is 1. The van der Waals surface area contributed by atoms with Crippen LogP contribution < -0.4 is 4.90 Å². The highest BCUT2D eigenvalue weighted by Crippen LogP contribution is 2.27. The molecule has 1 aliphatic heterocycles. The Morgan fingerprint density at radius 1 is 1.50 bits per heavy atom. The van der Waals surface area contributed by atoms with Crippen LogP contribution >= 0.6 is 26.6 Å². The van der Waals surface area contributed by atoms with E-state index < -0.39 is 9.05 Å². The number of hydrogen-bond donors (Lipinski definition) is 0. The van der Waals surface area contributed by atoms with Crippen molar-refractivity contribution in [3.8, 4) is 0 Å². The Balaban J connectivity index is 2.15. The molecule has 1 saturated heterocycles. The van der Waals surface area contributed by atoms with Crippen molar-refractivity contribution in [2.75, 3.05) is 17.2 Å². The fraction of sp³-hybridized carbons (Fsp3) is 0.400. The predicted octanol–water partition coefficient (Wildman–Crippen LogP) is 1.77. The Morgan fingerprint density at radius 3 is 2.83 bits per heavy atom. The second kappa shape index (κ2) is 5.14. The van der Waals surface area contributed by atoms with E-state index in [2.05, 4.69) is 20.9 Å². The van der Waals surface area contributed by atoms with Gasteiger partial charge in [-0.15, -0.1) is 0 Å². The second-order valence-electron chi connectivity index (χ2n) is 4.14. The summed E-state index contributed by atoms with van der Waals surface area (Å²) in [5.41, 5.74) is 0.656. The average Bonchev–Trinajstić information content (AvgIpc) is 2.56. The van der Waals surface area contributed by atoms with Gasteiger partial charge in [-0.1, -0.05) is 0 Å². The van der Waals surface area contributed by atoms with Crippen LogP contribution in [0.5, 0.6) is 0 Å². The van der Waals surface area contributed by atoms with E-state index in [1.807, 2.05) is 0 Å². The van der Waals surface area contributed by atoms with Crippen molar-refractivity contribution >= 4 is 47.3 Å². The van der Waals surface area contributed by atoms with Gasteiger partial charge in [-0.3, -0.25) is 9.78 Å². The van der Waals surface area contributed by atoms with Crippen LogP contribution in [0, 0.1) is 5.92 Å². The summed E-state index contributed by atoms with van der Waals surface area (Å²) in [6.45, 7) is 0.350. The van der Waals surface area contributed by atoms with Crippen molar-refractivity contribution in [2.24, 2.45) is 5.92 Å². The molecule has 18 heavy (non-hydrogen) atoms. The normalized spacial score (nSPS) is 20.4. The summed E-state index contributed by atoms with van der Waals surface area (Å²) in [4.78, 5) is 17.3. The zero-order valence-electron chi connectivity index (χ0n) is 9.21. The maximum absolute atomic E-state index is 11.8. The number of carbonyl (C=O) groups is 1. The van der Waals surface area contributed by atoms with Crippen LogP contribution in [0.2, 0.25) is 0 Å². The molecule has 0 aromatic carbocycles. The summed E-state index contributed by atoms with van der Waals surface area (Å²) < 4.78 is 22.8. The molecule has 1 unspecified atom stereocenters. The van der Waals surface area contributed by atoms with Crippen LogP contribution in [-0.2, 0) is 13.8 Å². The lowest BCUT2D eigenvalue weighted by Crippen LogP contribution is -2.25. The molecule has 2 heterocycles. The van der Waals surface area contributed by atoms with Crippen molar-refractivity contribution < 1.29 is 13.2 Å². The van der Waals surface area contributed by atoms with E-state index in [1.54, 1.807) is 18.5 Å². The SMILES string of the molecule is O=C1CC(CS(=O)(=O)Cl)CN1c1cncc(Br)c1. The Morgan fingerprint density at radius 2 is 2.22 bits per heavy atom. The molecule has 2 rings (SSSR count). The molecule has 1 aromatic rings. The Kier molecular flexibility index (Phi) is 3.93. The smallest absolute Gasteiger partial charge is 0.232 e. The van der Waals surface area contributed by atoms with Crippen LogP contribution in [0.4, 0.5) is 5.69 Å². The molecule has 1 aromatic heterocycles. The van der Waals surface area contributed by atoms with E-state index in [0.717, 1.165) is 4.47 Å². The minimum absolute atomic E-state index is 0.111. The van der Waals surface area contributed by atoms with E-state index in [9.17, 15) is 13.2 Å². The van der Waals surface area contributed by atoms with Gasteiger partial charge < -0.3 is 4.90 Å². The number of nitrogens with zero attached hydrogens (tertiary/aromatic N) is 2. The molecule has 1 atom stereocenters. The molecule has 1 fully saturated rings. The lowest BCUT2D eigenvalue weighted by Gasteiger charge is -2.16. The first-order valence-corrected chi connectivity index (χ1v) is 8.45. The minimum Gasteiger partial charge on any atom is -0.311 e. The summed E-state index contributed by atoms with van der Waals surface area (Å²) in [7, 11) is 1.63. The summed E-state index contributed by atoms with van der Waals surface area (Å²) in [5.74, 6) is -0.558. The van der Waals surface area contributed by atoms with Gasteiger partial charge in [0, 0.05) is 40.2 Å². The van der Waals surface area contributed by atoms with Crippen LogP contribution in [0.25, 0.3) is 0 Å². The number of halogens is 2. The van der Waals surface area contributed by atoms with Crippen LogP contribution in [0.3, 0.4) is 0 Å². The highest BCUT2D eigenvalue weighted by Gasteiger charge is 2.33. The highest BCUT2D eigenvalue weighted by molar-refractivity contribution is 9.10. The molecule has 98 valence electrons. The summed E-state index contributed by atoms with van der Waals surface area (Å²) in [6, 6.07) is 1.77. The van der Waals surface area contributed by atoms with Crippen molar-refractivity contribution in [1.29, 1.82) is 0 Å². The van der Waals surface area contributed by atoms with E-state index in [1.165, 1.54) is 4.90 Å². The topological polar surface area (TPSA) is 67.3 Å². The van der Waals surface area contributed by atoms with Crippen LogP contribution in [0.1, 0.15) is 6.42 Å². The van der Waals surface area contributed by atoms with Gasteiger partial charge in [0.25, 0.3) is 0 Å². The third-order valence-corrected chi connectivity index (χ3v) is 4.32. The Bertz CT molecular complexity index is 578. The number of hydrogen-bond acceptors (Lipinski definition) is 4. The van der Waals surface area contributed by atoms with Crippen molar-refractivity contribution in [3.63, 3.8) is 0 Å². The molecule has 0 radical (unpaired) electrons. The molecule has 0 saturated carbocycles. The van der Waals surface area contributed by atoms with Gasteiger partial charge in [0.15, 0.2) is 0 Å². The maximum atomic E-state index is 11.8. The van der Waals surface area contributed by atoms with E-state index in [-0.39, 0.29) is 24.0 Å². The number of pyridine rings is 1. The van der Waals surface area contributed by atoms with E-state index in [4.69, 9.17) is 10.7 Å². The fourth-order valence-electron chi connectivity index (χ4n) is 1.97. The lowest BCUT2D eigenvalue weighted by atomic mass is 10.1. The molecular weight excluding hydrogens is 344 g/mol. The largest absolute Gasteiger partial charge is 0.311 e. The standard InChI is InChI=1S/C10H10BrClN2O3S/c11-8-2-9(4-13-3-8)14-5-7(1-10(14)15)6-18(12,16)17/h2-4,7H,1,5-6H2. The Labute approximate surface area is 118 Å². The quantitative estimate of drug-likeness (QED) is 0.777. The molecule has 0 spiro atoms. The number of aromatic nitrogens is 1. The molecule has 0 bridgehead atoms. The number of carbonyl (C=O) groups excluding carboxylic acids is 1. The van der Waals surface area contributed by atoms with Gasteiger partial charge in [-0.05, 0) is 22.0 Å². The fourth-order valence-corrected chi connectivity index (χ4v) is 3.65. The van der Waals surface area contributed by atoms with Gasteiger partial charge in [0.1, 0.15) is 0 Å². The first-order chi connectivity index (χ1) is 8.35. The molecule has 0 N–H and O–H groups in total. The average molecular weight is 354 g/mol. The van der Waals surface area contributed by atoms with Crippen LogP contribution in [-0.4, -0.2) is 31.6 Å². The van der Waals surface area contributed by atoms with E-state index in [0.29, 0.717) is 12.2 Å². The third-order valence-electron chi connectivity index (χ3n) is 2.64. The first kappa shape index (κ1) is 13.8. The molecular formula is C10H10BrClN2O3S. The van der Waals surface area contributed by atoms with E-state index >= 15 is 0 Å². The van der Waals surface area contributed by atoms with Gasteiger partial charge in [0.05, 0.1) is 17.6 Å². The molecule has 1 aliphatic rings. The zero-order valence-corrected chi connectivity index (χ0v) is 12.4. The zero-order chi connectivity index (χ0) is 13.3. The first-order valence-electron chi connectivity index (χ1n) is 5.18. The highest BCUT2D eigenvalue weighted by atomic mass is 79.9. The Hall–Kier alpha value is -0.660.